The zero-order chi connectivity index (χ0) is 28.8. The van der Waals surface area contributed by atoms with Crippen molar-refractivity contribution in [3.63, 3.8) is 0 Å². The summed E-state index contributed by atoms with van der Waals surface area (Å²) in [5, 5.41) is 10.1. The molecule has 2 aliphatic rings. The van der Waals surface area contributed by atoms with Crippen molar-refractivity contribution in [3.8, 4) is 39.1 Å². The molecule has 5 heteroatoms. The highest BCUT2D eigenvalue weighted by Gasteiger charge is 2.16. The van der Waals surface area contributed by atoms with Gasteiger partial charge in [0, 0.05) is 38.8 Å². The minimum absolute atomic E-state index is 0.220. The van der Waals surface area contributed by atoms with E-state index >= 15 is 0 Å². The Hall–Kier alpha value is -5.94. The summed E-state index contributed by atoms with van der Waals surface area (Å²) < 4.78 is 0. The monoisotopic (exact) mass is 554 g/mol. The van der Waals surface area contributed by atoms with E-state index < -0.39 is 0 Å². The summed E-state index contributed by atoms with van der Waals surface area (Å²) in [6, 6.07) is 38.4. The van der Waals surface area contributed by atoms with E-state index in [4.69, 9.17) is 9.97 Å². The van der Waals surface area contributed by atoms with Crippen molar-refractivity contribution < 1.29 is 5.11 Å². The Morgan fingerprint density at radius 3 is 1.53 bits per heavy atom. The number of nitrogens with one attached hydrogen (secondary N) is 2. The normalized spacial score (nSPS) is 12.1. The molecule has 0 atom stereocenters. The highest BCUT2D eigenvalue weighted by molar-refractivity contribution is 5.97. The second-order valence-electron chi connectivity index (χ2n) is 10.6. The molecule has 204 valence electrons. The first-order chi connectivity index (χ1) is 21.2. The number of nitrogens with zero attached hydrogens (tertiary/aromatic N) is 2. The summed E-state index contributed by atoms with van der Waals surface area (Å²) in [6.07, 6.45) is 8.28. The molecule has 3 aromatic carbocycles. The van der Waals surface area contributed by atoms with Gasteiger partial charge in [0.1, 0.15) is 5.75 Å². The van der Waals surface area contributed by atoms with E-state index in [9.17, 15) is 5.11 Å². The van der Waals surface area contributed by atoms with Crippen molar-refractivity contribution in [2.24, 2.45) is 0 Å². The van der Waals surface area contributed by atoms with Crippen LogP contribution in [0.5, 0.6) is 5.75 Å². The predicted molar refractivity (Wildman–Crippen MR) is 177 cm³/mol. The van der Waals surface area contributed by atoms with Crippen LogP contribution in [0.15, 0.2) is 115 Å². The first-order valence-electron chi connectivity index (χ1n) is 14.2. The standard InChI is InChI=1S/C38H26N4O/c43-29-15-11-26(12-16-29)38-34-21-19-32(41-34)36(24-7-3-1-4-8-24)30-17-13-27(39-30)23-28-14-18-31(40-28)37(25-9-5-2-6-10-25)33-20-22-35(38)42-33/h1-23,39,42-43H. The van der Waals surface area contributed by atoms with Crippen molar-refractivity contribution >= 4 is 46.4 Å². The molecule has 0 aliphatic carbocycles. The topological polar surface area (TPSA) is 77.6 Å². The van der Waals surface area contributed by atoms with E-state index in [-0.39, 0.29) is 5.75 Å². The Labute approximate surface area is 248 Å². The second-order valence-corrected chi connectivity index (χ2v) is 10.6. The number of benzene rings is 3. The van der Waals surface area contributed by atoms with Gasteiger partial charge in [-0.1, -0.05) is 72.8 Å². The Balaban J connectivity index is 1.54. The number of hydrogen-bond acceptors (Lipinski definition) is 3. The average Bonchev–Trinajstić information content (AvgIpc) is 3.86. The number of phenols is 1. The lowest BCUT2D eigenvalue weighted by Gasteiger charge is -2.06. The molecule has 8 rings (SSSR count). The van der Waals surface area contributed by atoms with Crippen LogP contribution in [0.3, 0.4) is 0 Å². The molecule has 3 N–H and O–H groups in total. The maximum atomic E-state index is 10.1. The van der Waals surface area contributed by atoms with Gasteiger partial charge in [-0.3, -0.25) is 0 Å². The molecule has 0 saturated carbocycles. The van der Waals surface area contributed by atoms with Gasteiger partial charge in [-0.25, -0.2) is 9.97 Å². The zero-order valence-corrected chi connectivity index (χ0v) is 23.1. The molecule has 6 aromatic rings. The average molecular weight is 555 g/mol. The van der Waals surface area contributed by atoms with Gasteiger partial charge in [-0.05, 0) is 83.5 Å². The minimum atomic E-state index is 0.220. The summed E-state index contributed by atoms with van der Waals surface area (Å²) in [5.74, 6) is 0.220. The first kappa shape index (κ1) is 24.8. The number of H-pyrrole nitrogens is 2. The number of phenolic OH excluding ortho intramolecular Hbond substituents is 1. The van der Waals surface area contributed by atoms with Gasteiger partial charge >= 0.3 is 0 Å². The van der Waals surface area contributed by atoms with E-state index in [1.54, 1.807) is 12.1 Å². The molecule has 2 aliphatic heterocycles. The summed E-state index contributed by atoms with van der Waals surface area (Å²) in [4.78, 5) is 17.6. The van der Waals surface area contributed by atoms with Gasteiger partial charge < -0.3 is 15.1 Å². The summed E-state index contributed by atoms with van der Waals surface area (Å²) in [6.45, 7) is 0. The van der Waals surface area contributed by atoms with Gasteiger partial charge in [0.15, 0.2) is 0 Å². The highest BCUT2D eigenvalue weighted by Crippen LogP contribution is 2.36. The van der Waals surface area contributed by atoms with Crippen LogP contribution in [0.25, 0.3) is 79.8 Å². The van der Waals surface area contributed by atoms with Crippen LogP contribution >= 0.6 is 0 Å². The number of rotatable bonds is 3. The third-order valence-corrected chi connectivity index (χ3v) is 7.86. The lowest BCUT2D eigenvalue weighted by atomic mass is 10.0. The Bertz CT molecular complexity index is 2180. The largest absolute Gasteiger partial charge is 0.508 e. The molecule has 3 aromatic heterocycles. The fourth-order valence-corrected chi connectivity index (χ4v) is 5.89. The van der Waals surface area contributed by atoms with E-state index in [0.29, 0.717) is 0 Å². The fraction of sp³-hybridized carbons (Fsp3) is 0. The van der Waals surface area contributed by atoms with Crippen molar-refractivity contribution in [1.29, 1.82) is 0 Å². The smallest absolute Gasteiger partial charge is 0.115 e. The molecule has 0 unspecified atom stereocenters. The van der Waals surface area contributed by atoms with Crippen LogP contribution in [-0.2, 0) is 0 Å². The number of aromatic amines is 2. The fourth-order valence-electron chi connectivity index (χ4n) is 5.89. The number of fused-ring (bicyclic) bond motifs is 8. The Morgan fingerprint density at radius 2 is 0.930 bits per heavy atom. The van der Waals surface area contributed by atoms with Gasteiger partial charge in [0.2, 0.25) is 0 Å². The molecule has 43 heavy (non-hydrogen) atoms. The molecule has 0 fully saturated rings. The van der Waals surface area contributed by atoms with E-state index in [0.717, 1.165) is 78.2 Å². The second kappa shape index (κ2) is 10.2. The lowest BCUT2D eigenvalue weighted by molar-refractivity contribution is 0.475. The molecule has 5 heterocycles. The molecule has 5 nitrogen and oxygen atoms in total. The number of aromatic nitrogens is 4. The molecule has 8 bridgehead atoms. The number of hydrogen-bond donors (Lipinski definition) is 3. The maximum absolute atomic E-state index is 10.1. The Kier molecular flexibility index (Phi) is 5.86. The third-order valence-electron chi connectivity index (χ3n) is 7.86. The van der Waals surface area contributed by atoms with Crippen molar-refractivity contribution in [2.75, 3.05) is 0 Å². The summed E-state index contributed by atoms with van der Waals surface area (Å²) in [7, 11) is 0. The van der Waals surface area contributed by atoms with E-state index in [2.05, 4.69) is 88.9 Å². The van der Waals surface area contributed by atoms with Crippen LogP contribution in [0.4, 0.5) is 0 Å². The van der Waals surface area contributed by atoms with Gasteiger partial charge in [-0.15, -0.1) is 0 Å². The van der Waals surface area contributed by atoms with Gasteiger partial charge in [0.25, 0.3) is 0 Å². The third kappa shape index (κ3) is 4.53. The highest BCUT2D eigenvalue weighted by atomic mass is 16.3. The van der Waals surface area contributed by atoms with E-state index in [1.807, 2.05) is 48.5 Å². The predicted octanol–water partition coefficient (Wildman–Crippen LogP) is 9.36. The van der Waals surface area contributed by atoms with Gasteiger partial charge in [0.05, 0.1) is 22.8 Å². The van der Waals surface area contributed by atoms with E-state index in [1.165, 1.54) is 0 Å². The minimum Gasteiger partial charge on any atom is -0.508 e. The Morgan fingerprint density at radius 1 is 0.442 bits per heavy atom. The first-order valence-corrected chi connectivity index (χ1v) is 14.2. The summed E-state index contributed by atoms with van der Waals surface area (Å²) >= 11 is 0. The summed E-state index contributed by atoms with van der Waals surface area (Å²) in [5.41, 5.74) is 13.4. The molecular weight excluding hydrogens is 528 g/mol. The SMILES string of the molecule is Oc1ccc(-c2c3nc(c(-c4ccccc4)c4ccc(cc5nc(c(-c6ccccc6)c6ccc2[nH]6)C=C5)[nH]4)C=C3)cc1. The molecule has 0 radical (unpaired) electrons. The van der Waals surface area contributed by atoms with Gasteiger partial charge in [-0.2, -0.15) is 0 Å². The van der Waals surface area contributed by atoms with Crippen molar-refractivity contribution in [1.82, 2.24) is 19.9 Å². The lowest BCUT2D eigenvalue weighted by Crippen LogP contribution is -1.88. The molecular formula is C38H26N4O. The van der Waals surface area contributed by atoms with Crippen LogP contribution in [-0.4, -0.2) is 25.0 Å². The van der Waals surface area contributed by atoms with Crippen LogP contribution in [0, 0.1) is 0 Å². The van der Waals surface area contributed by atoms with Crippen LogP contribution < -0.4 is 0 Å². The maximum Gasteiger partial charge on any atom is 0.115 e. The van der Waals surface area contributed by atoms with Crippen molar-refractivity contribution in [2.45, 2.75) is 0 Å². The van der Waals surface area contributed by atoms with Crippen molar-refractivity contribution in [3.05, 3.63) is 138 Å². The number of aromatic hydroxyl groups is 1. The molecule has 0 saturated heterocycles. The molecule has 0 amide bonds. The zero-order valence-electron chi connectivity index (χ0n) is 23.1. The molecule has 0 spiro atoms. The quantitative estimate of drug-likeness (QED) is 0.204. The van der Waals surface area contributed by atoms with Crippen LogP contribution in [0.2, 0.25) is 0 Å². The van der Waals surface area contributed by atoms with Crippen LogP contribution in [0.1, 0.15) is 22.8 Å².